The molecule has 2 N–H and O–H groups in total. The van der Waals surface area contributed by atoms with Crippen LogP contribution in [0.1, 0.15) is 20.8 Å². The molecule has 24 heavy (non-hydrogen) atoms. The van der Waals surface area contributed by atoms with E-state index in [0.717, 1.165) is 6.07 Å². The van der Waals surface area contributed by atoms with Crippen LogP contribution in [0, 0.1) is 10.1 Å². The number of nitro benzene ring substituents is 1. The second kappa shape index (κ2) is 7.82. The number of benzene rings is 1. The number of halogens is 1. The molecular weight excluding hydrogens is 344 g/mol. The van der Waals surface area contributed by atoms with E-state index in [4.69, 9.17) is 26.2 Å². The number of carbonyl (C=O) groups excluding carboxylic acids is 1. The van der Waals surface area contributed by atoms with E-state index in [2.05, 4.69) is 5.32 Å². The van der Waals surface area contributed by atoms with Gasteiger partial charge in [-0.2, -0.15) is 0 Å². The maximum absolute atomic E-state index is 11.6. The average molecular weight is 361 g/mol. The van der Waals surface area contributed by atoms with Crippen LogP contribution in [0.15, 0.2) is 18.2 Å². The molecule has 1 aromatic carbocycles. The van der Waals surface area contributed by atoms with Gasteiger partial charge < -0.3 is 19.9 Å². The Labute approximate surface area is 142 Å². The number of carboxylic acid groups (broad SMARTS) is 1. The quantitative estimate of drug-likeness (QED) is 0.589. The lowest BCUT2D eigenvalue weighted by atomic mass is 10.2. The van der Waals surface area contributed by atoms with Gasteiger partial charge in [-0.3, -0.25) is 10.1 Å². The molecule has 0 aliphatic carbocycles. The number of ether oxygens (including phenoxy) is 2. The van der Waals surface area contributed by atoms with Gasteiger partial charge in [0.2, 0.25) is 0 Å². The van der Waals surface area contributed by atoms with E-state index in [0.29, 0.717) is 0 Å². The van der Waals surface area contributed by atoms with Crippen molar-refractivity contribution < 1.29 is 29.1 Å². The van der Waals surface area contributed by atoms with Gasteiger partial charge in [0.25, 0.3) is 0 Å². The lowest BCUT2D eigenvalue weighted by Gasteiger charge is -2.22. The molecule has 0 saturated carbocycles. The van der Waals surface area contributed by atoms with Crippen LogP contribution < -0.4 is 10.1 Å². The molecule has 132 valence electrons. The Bertz CT molecular complexity index is 643. The molecule has 1 unspecified atom stereocenters. The zero-order valence-corrected chi connectivity index (χ0v) is 14.0. The van der Waals surface area contributed by atoms with E-state index < -0.39 is 40.9 Å². The topological polar surface area (TPSA) is 128 Å². The number of nitro groups is 1. The Morgan fingerprint density at radius 2 is 2.04 bits per heavy atom. The van der Waals surface area contributed by atoms with Gasteiger partial charge in [-0.15, -0.1) is 0 Å². The monoisotopic (exact) mass is 360 g/mol. The van der Waals surface area contributed by atoms with Crippen molar-refractivity contribution in [3.05, 3.63) is 33.3 Å². The number of hydrogen-bond acceptors (Lipinski definition) is 6. The normalized spacial score (nSPS) is 12.2. The minimum atomic E-state index is -1.45. The highest BCUT2D eigenvalue weighted by molar-refractivity contribution is 6.30. The zero-order valence-electron chi connectivity index (χ0n) is 13.2. The van der Waals surface area contributed by atoms with Crippen molar-refractivity contribution in [1.29, 1.82) is 0 Å². The summed E-state index contributed by atoms with van der Waals surface area (Å²) in [6.07, 6.45) is -0.941. The number of rotatable bonds is 6. The minimum absolute atomic E-state index is 0.135. The number of alkyl carbamates (subject to hydrolysis) is 1. The van der Waals surface area contributed by atoms with Gasteiger partial charge in [0, 0.05) is 11.1 Å². The van der Waals surface area contributed by atoms with Gasteiger partial charge in [0.15, 0.2) is 11.8 Å². The van der Waals surface area contributed by atoms with Crippen molar-refractivity contribution >= 4 is 29.4 Å². The first-order valence-electron chi connectivity index (χ1n) is 6.78. The Morgan fingerprint density at radius 1 is 1.42 bits per heavy atom. The lowest BCUT2D eigenvalue weighted by Crippen LogP contribution is -2.46. The van der Waals surface area contributed by atoms with Crippen LogP contribution in [0.3, 0.4) is 0 Å². The molecule has 1 amide bonds. The van der Waals surface area contributed by atoms with Gasteiger partial charge in [-0.25, -0.2) is 9.59 Å². The van der Waals surface area contributed by atoms with Crippen molar-refractivity contribution in [3.8, 4) is 5.75 Å². The summed E-state index contributed by atoms with van der Waals surface area (Å²) in [6, 6.07) is 2.23. The number of carboxylic acids is 1. The fourth-order valence-corrected chi connectivity index (χ4v) is 1.72. The minimum Gasteiger partial charge on any atom is -0.484 e. The number of hydrogen-bond donors (Lipinski definition) is 2. The standard InChI is InChI=1S/C14H17ClN2O7/c1-14(2,3)24-13(20)16-9(12(18)19)7-23-11-5-4-8(15)6-10(11)17(21)22/h4-6,9H,7H2,1-3H3,(H,16,20)(H,18,19). The SMILES string of the molecule is CC(C)(C)OC(=O)NC(COc1ccc(Cl)cc1[N+](=O)[O-])C(=O)O. The van der Waals surface area contributed by atoms with Crippen molar-refractivity contribution in [2.24, 2.45) is 0 Å². The third-order valence-corrected chi connectivity index (χ3v) is 2.75. The molecule has 0 saturated heterocycles. The third kappa shape index (κ3) is 6.29. The fraction of sp³-hybridized carbons (Fsp3) is 0.429. The molecule has 1 aromatic rings. The highest BCUT2D eigenvalue weighted by atomic mass is 35.5. The second-order valence-electron chi connectivity index (χ2n) is 5.72. The average Bonchev–Trinajstić information content (AvgIpc) is 2.41. The molecule has 0 spiro atoms. The van der Waals surface area contributed by atoms with E-state index in [1.807, 2.05) is 0 Å². The molecule has 1 rings (SSSR count). The first kappa shape index (κ1) is 19.5. The highest BCUT2D eigenvalue weighted by Gasteiger charge is 2.26. The first-order chi connectivity index (χ1) is 11.0. The number of aliphatic carboxylic acids is 1. The van der Waals surface area contributed by atoms with E-state index in [1.165, 1.54) is 12.1 Å². The molecule has 0 aliphatic heterocycles. The molecule has 9 nitrogen and oxygen atoms in total. The van der Waals surface area contributed by atoms with Crippen LogP contribution in [-0.4, -0.2) is 40.3 Å². The highest BCUT2D eigenvalue weighted by Crippen LogP contribution is 2.29. The van der Waals surface area contributed by atoms with Crippen LogP contribution in [-0.2, 0) is 9.53 Å². The van der Waals surface area contributed by atoms with E-state index in [1.54, 1.807) is 20.8 Å². The molecule has 0 heterocycles. The number of nitrogens with one attached hydrogen (secondary N) is 1. The summed E-state index contributed by atoms with van der Waals surface area (Å²) < 4.78 is 10.1. The Kier molecular flexibility index (Phi) is 6.35. The van der Waals surface area contributed by atoms with Crippen LogP contribution in [0.2, 0.25) is 5.02 Å². The van der Waals surface area contributed by atoms with E-state index >= 15 is 0 Å². The second-order valence-corrected chi connectivity index (χ2v) is 6.15. The molecule has 0 aromatic heterocycles. The molecule has 1 atom stereocenters. The van der Waals surface area contributed by atoms with Crippen molar-refractivity contribution in [2.45, 2.75) is 32.4 Å². The maximum atomic E-state index is 11.6. The molecule has 0 radical (unpaired) electrons. The molecule has 0 bridgehead atoms. The molecular formula is C14H17ClN2O7. The first-order valence-corrected chi connectivity index (χ1v) is 7.16. The van der Waals surface area contributed by atoms with Crippen LogP contribution in [0.4, 0.5) is 10.5 Å². The number of nitrogens with zero attached hydrogens (tertiary/aromatic N) is 1. The Morgan fingerprint density at radius 3 is 2.54 bits per heavy atom. The van der Waals surface area contributed by atoms with Crippen molar-refractivity contribution in [3.63, 3.8) is 0 Å². The van der Waals surface area contributed by atoms with Crippen LogP contribution in [0.25, 0.3) is 0 Å². The zero-order chi connectivity index (χ0) is 18.5. The summed E-state index contributed by atoms with van der Waals surface area (Å²) in [5.41, 5.74) is -1.22. The van der Waals surface area contributed by atoms with Crippen molar-refractivity contribution in [2.75, 3.05) is 6.61 Å². The molecule has 10 heteroatoms. The number of amides is 1. The lowest BCUT2D eigenvalue weighted by molar-refractivity contribution is -0.385. The van der Waals surface area contributed by atoms with Gasteiger partial charge in [-0.05, 0) is 32.9 Å². The summed E-state index contributed by atoms with van der Waals surface area (Å²) in [6.45, 7) is 4.33. The predicted octanol–water partition coefficient (Wildman–Crippen LogP) is 2.60. The van der Waals surface area contributed by atoms with Crippen LogP contribution >= 0.6 is 11.6 Å². The van der Waals surface area contributed by atoms with Gasteiger partial charge >= 0.3 is 17.7 Å². The smallest absolute Gasteiger partial charge is 0.408 e. The third-order valence-electron chi connectivity index (χ3n) is 2.51. The molecule has 0 aliphatic rings. The van der Waals surface area contributed by atoms with Gasteiger partial charge in [0.1, 0.15) is 12.2 Å². The summed E-state index contributed by atoms with van der Waals surface area (Å²) in [5, 5.41) is 22.3. The molecule has 0 fully saturated rings. The van der Waals surface area contributed by atoms with E-state index in [9.17, 15) is 19.7 Å². The maximum Gasteiger partial charge on any atom is 0.408 e. The van der Waals surface area contributed by atoms with Gasteiger partial charge in [0.05, 0.1) is 4.92 Å². The van der Waals surface area contributed by atoms with E-state index in [-0.39, 0.29) is 10.8 Å². The number of carbonyl (C=O) groups is 2. The Hall–Kier alpha value is -2.55. The van der Waals surface area contributed by atoms with Crippen molar-refractivity contribution in [1.82, 2.24) is 5.32 Å². The predicted molar refractivity (Wildman–Crippen MR) is 84.4 cm³/mol. The summed E-state index contributed by atoms with van der Waals surface area (Å²) in [4.78, 5) is 33.1. The largest absolute Gasteiger partial charge is 0.484 e. The summed E-state index contributed by atoms with van der Waals surface area (Å²) in [7, 11) is 0. The summed E-state index contributed by atoms with van der Waals surface area (Å²) in [5.74, 6) is -1.54. The Balaban J connectivity index is 2.80. The summed E-state index contributed by atoms with van der Waals surface area (Å²) >= 11 is 5.68. The van der Waals surface area contributed by atoms with Crippen LogP contribution in [0.5, 0.6) is 5.75 Å². The van der Waals surface area contributed by atoms with Gasteiger partial charge in [-0.1, -0.05) is 11.6 Å². The fourth-order valence-electron chi connectivity index (χ4n) is 1.55.